The average Bonchev–Trinajstić information content (AvgIpc) is 2.81. The quantitative estimate of drug-likeness (QED) is 0.686. The lowest BCUT2D eigenvalue weighted by Gasteiger charge is -2.29. The van der Waals surface area contributed by atoms with Gasteiger partial charge in [0.2, 0.25) is 0 Å². The van der Waals surface area contributed by atoms with Crippen molar-refractivity contribution in [1.82, 2.24) is 19.5 Å². The number of aryl methyl sites for hydroxylation is 1. The Hall–Kier alpha value is -2.43. The van der Waals surface area contributed by atoms with E-state index < -0.39 is 0 Å². The molecule has 0 amide bonds. The van der Waals surface area contributed by atoms with Crippen LogP contribution < -0.4 is 4.90 Å². The van der Waals surface area contributed by atoms with E-state index in [9.17, 15) is 0 Å². The molecule has 0 N–H and O–H groups in total. The topological polar surface area (TPSA) is 46.8 Å². The normalized spacial score (nSPS) is 14.5. The minimum Gasteiger partial charge on any atom is -0.346 e. The highest BCUT2D eigenvalue weighted by Gasteiger charge is 2.21. The van der Waals surface area contributed by atoms with Crippen molar-refractivity contribution in [2.75, 3.05) is 11.4 Å². The van der Waals surface area contributed by atoms with Crippen LogP contribution in [0.25, 0.3) is 11.0 Å². The third-order valence-corrected chi connectivity index (χ3v) is 4.22. The van der Waals surface area contributed by atoms with E-state index in [4.69, 9.17) is 4.98 Å². The second-order valence-corrected chi connectivity index (χ2v) is 5.49. The zero-order valence-corrected chi connectivity index (χ0v) is 12.2. The second-order valence-electron chi connectivity index (χ2n) is 5.49. The van der Waals surface area contributed by atoms with E-state index in [1.165, 1.54) is 5.69 Å². The summed E-state index contributed by atoms with van der Waals surface area (Å²) in [5.41, 5.74) is 4.27. The smallest absolute Gasteiger partial charge is 0.148 e. The molecule has 106 valence electrons. The molecule has 0 aliphatic carbocycles. The molecule has 0 atom stereocenters. The molecule has 3 aromatic rings. The molecule has 4 rings (SSSR count). The Bertz CT molecular complexity index is 821. The molecule has 0 spiro atoms. The van der Waals surface area contributed by atoms with E-state index >= 15 is 0 Å². The average molecular weight is 279 g/mol. The van der Waals surface area contributed by atoms with Crippen LogP contribution in [-0.2, 0) is 13.1 Å². The van der Waals surface area contributed by atoms with Gasteiger partial charge in [0.15, 0.2) is 0 Å². The molecule has 0 saturated heterocycles. The molecule has 5 heteroatoms. The number of benzene rings is 1. The number of imidazole rings is 1. The summed E-state index contributed by atoms with van der Waals surface area (Å²) >= 11 is 0. The molecule has 3 heterocycles. The summed E-state index contributed by atoms with van der Waals surface area (Å²) in [4.78, 5) is 16.1. The zero-order chi connectivity index (χ0) is 14.4. The van der Waals surface area contributed by atoms with Crippen LogP contribution >= 0.6 is 0 Å². The Morgan fingerprint density at radius 2 is 1.81 bits per heavy atom. The van der Waals surface area contributed by atoms with Gasteiger partial charge in [0, 0.05) is 18.8 Å². The molecule has 0 radical (unpaired) electrons. The monoisotopic (exact) mass is 279 g/mol. The first-order valence-electron chi connectivity index (χ1n) is 7.22. The minimum absolute atomic E-state index is 0.793. The number of anilines is 1. The van der Waals surface area contributed by atoms with Gasteiger partial charge in [-0.3, -0.25) is 4.98 Å². The number of fused-ring (bicyclic) bond motifs is 2. The van der Waals surface area contributed by atoms with E-state index in [-0.39, 0.29) is 0 Å². The SMILES string of the molecule is Cc1nc2n(c1C)CCN(c1cnc3ccccc3n1)C2. The molecule has 2 aromatic heterocycles. The molecular weight excluding hydrogens is 262 g/mol. The summed E-state index contributed by atoms with van der Waals surface area (Å²) in [6, 6.07) is 7.98. The van der Waals surface area contributed by atoms with Crippen molar-refractivity contribution < 1.29 is 0 Å². The first-order valence-corrected chi connectivity index (χ1v) is 7.22. The maximum Gasteiger partial charge on any atom is 0.148 e. The Labute approximate surface area is 123 Å². The predicted molar refractivity (Wildman–Crippen MR) is 82.3 cm³/mol. The van der Waals surface area contributed by atoms with Gasteiger partial charge in [-0.25, -0.2) is 9.97 Å². The molecule has 5 nitrogen and oxygen atoms in total. The van der Waals surface area contributed by atoms with Crippen LogP contribution in [0.1, 0.15) is 17.2 Å². The molecular formula is C16H17N5. The van der Waals surface area contributed by atoms with Gasteiger partial charge in [-0.05, 0) is 26.0 Å². The van der Waals surface area contributed by atoms with Crippen LogP contribution in [0.15, 0.2) is 30.5 Å². The van der Waals surface area contributed by atoms with Crippen molar-refractivity contribution in [1.29, 1.82) is 0 Å². The molecule has 1 aliphatic heterocycles. The molecule has 0 saturated carbocycles. The van der Waals surface area contributed by atoms with Crippen LogP contribution in [0.2, 0.25) is 0 Å². The first-order chi connectivity index (χ1) is 10.2. The van der Waals surface area contributed by atoms with E-state index in [1.54, 1.807) is 0 Å². The third-order valence-electron chi connectivity index (χ3n) is 4.22. The van der Waals surface area contributed by atoms with Crippen LogP contribution in [0.3, 0.4) is 0 Å². The lowest BCUT2D eigenvalue weighted by atomic mass is 10.3. The van der Waals surface area contributed by atoms with Crippen LogP contribution in [0.5, 0.6) is 0 Å². The van der Waals surface area contributed by atoms with Gasteiger partial charge in [0.1, 0.15) is 11.6 Å². The summed E-state index contributed by atoms with van der Waals surface area (Å²) in [7, 11) is 0. The van der Waals surface area contributed by atoms with Crippen LogP contribution in [0, 0.1) is 13.8 Å². The molecule has 0 unspecified atom stereocenters. The van der Waals surface area contributed by atoms with Crippen LogP contribution in [-0.4, -0.2) is 26.1 Å². The summed E-state index contributed by atoms with van der Waals surface area (Å²) in [6.07, 6.45) is 1.86. The molecule has 1 aliphatic rings. The number of hydrogen-bond donors (Lipinski definition) is 0. The summed E-state index contributed by atoms with van der Waals surface area (Å²) in [5, 5.41) is 0. The van der Waals surface area contributed by atoms with Gasteiger partial charge in [0.05, 0.1) is 29.5 Å². The molecule has 1 aromatic carbocycles. The lowest BCUT2D eigenvalue weighted by molar-refractivity contribution is 0.547. The number of nitrogens with zero attached hydrogens (tertiary/aromatic N) is 5. The van der Waals surface area contributed by atoms with E-state index in [0.717, 1.165) is 48.0 Å². The fourth-order valence-electron chi connectivity index (χ4n) is 2.91. The molecule has 0 fully saturated rings. The molecule has 0 bridgehead atoms. The highest BCUT2D eigenvalue weighted by atomic mass is 15.3. The van der Waals surface area contributed by atoms with Crippen LogP contribution in [0.4, 0.5) is 5.82 Å². The standard InChI is InChI=1S/C16H17N5/c1-11-12(2)21-8-7-20(10-16(21)18-11)15-9-17-13-5-3-4-6-14(13)19-15/h3-6,9H,7-8,10H2,1-2H3. The van der Waals surface area contributed by atoms with Crippen molar-refractivity contribution in [3.63, 3.8) is 0 Å². The number of para-hydroxylation sites is 2. The highest BCUT2D eigenvalue weighted by molar-refractivity contribution is 5.75. The van der Waals surface area contributed by atoms with Gasteiger partial charge in [0.25, 0.3) is 0 Å². The maximum absolute atomic E-state index is 4.73. The fraction of sp³-hybridized carbons (Fsp3) is 0.312. The van der Waals surface area contributed by atoms with Crippen molar-refractivity contribution in [2.24, 2.45) is 0 Å². The van der Waals surface area contributed by atoms with Gasteiger partial charge < -0.3 is 9.47 Å². The van der Waals surface area contributed by atoms with Crippen molar-refractivity contribution in [2.45, 2.75) is 26.9 Å². The van der Waals surface area contributed by atoms with E-state index in [0.29, 0.717) is 0 Å². The van der Waals surface area contributed by atoms with Crippen molar-refractivity contribution in [3.05, 3.63) is 47.7 Å². The van der Waals surface area contributed by atoms with E-state index in [1.807, 2.05) is 30.5 Å². The van der Waals surface area contributed by atoms with Gasteiger partial charge in [-0.1, -0.05) is 12.1 Å². The molecule has 21 heavy (non-hydrogen) atoms. The zero-order valence-electron chi connectivity index (χ0n) is 12.2. The lowest BCUT2D eigenvalue weighted by Crippen LogP contribution is -2.34. The second kappa shape index (κ2) is 4.55. The third kappa shape index (κ3) is 1.96. The largest absolute Gasteiger partial charge is 0.346 e. The maximum atomic E-state index is 4.73. The Balaban J connectivity index is 1.70. The van der Waals surface area contributed by atoms with E-state index in [2.05, 4.69) is 33.3 Å². The highest BCUT2D eigenvalue weighted by Crippen LogP contribution is 2.22. The van der Waals surface area contributed by atoms with Gasteiger partial charge >= 0.3 is 0 Å². The number of aromatic nitrogens is 4. The van der Waals surface area contributed by atoms with Crippen molar-refractivity contribution in [3.8, 4) is 0 Å². The number of rotatable bonds is 1. The Morgan fingerprint density at radius 3 is 2.67 bits per heavy atom. The summed E-state index contributed by atoms with van der Waals surface area (Å²) in [6.45, 7) is 6.90. The van der Waals surface area contributed by atoms with Gasteiger partial charge in [-0.2, -0.15) is 0 Å². The van der Waals surface area contributed by atoms with Crippen molar-refractivity contribution >= 4 is 16.9 Å². The predicted octanol–water partition coefficient (Wildman–Crippen LogP) is 2.46. The Kier molecular flexibility index (Phi) is 2.67. The summed E-state index contributed by atoms with van der Waals surface area (Å²) < 4.78 is 2.31. The summed E-state index contributed by atoms with van der Waals surface area (Å²) in [5.74, 6) is 2.05. The Morgan fingerprint density at radius 1 is 1.00 bits per heavy atom. The van der Waals surface area contributed by atoms with Gasteiger partial charge in [-0.15, -0.1) is 0 Å². The number of hydrogen-bond acceptors (Lipinski definition) is 4. The first kappa shape index (κ1) is 12.3. The fourth-order valence-corrected chi connectivity index (χ4v) is 2.91. The minimum atomic E-state index is 0.793.